The minimum atomic E-state index is -0.897. The molecule has 0 saturated carbocycles. The van der Waals surface area contributed by atoms with Gasteiger partial charge in [0.2, 0.25) is 0 Å². The molecule has 7 heteroatoms. The molecule has 1 aromatic rings. The minimum absolute atomic E-state index is 0.0699. The summed E-state index contributed by atoms with van der Waals surface area (Å²) in [7, 11) is 0. The van der Waals surface area contributed by atoms with Crippen LogP contribution in [0.5, 0.6) is 0 Å². The molecule has 0 atom stereocenters. The Labute approximate surface area is 120 Å². The summed E-state index contributed by atoms with van der Waals surface area (Å²) in [6.07, 6.45) is 0.965. The molecule has 0 saturated heterocycles. The predicted octanol–water partition coefficient (Wildman–Crippen LogP) is 2.39. The van der Waals surface area contributed by atoms with Crippen LogP contribution in [0.3, 0.4) is 0 Å². The molecule has 0 heterocycles. The molecule has 0 aliphatic heterocycles. The molecule has 0 aromatic heterocycles. The van der Waals surface area contributed by atoms with Gasteiger partial charge in [-0.05, 0) is 26.0 Å². The Morgan fingerprint density at radius 3 is 2.19 bits per heavy atom. The zero-order valence-electron chi connectivity index (χ0n) is 11.6. The summed E-state index contributed by atoms with van der Waals surface area (Å²) in [5.41, 5.74) is -0.509. The van der Waals surface area contributed by atoms with Crippen molar-refractivity contribution in [2.75, 3.05) is 18.5 Å². The van der Waals surface area contributed by atoms with Gasteiger partial charge in [-0.15, -0.1) is 0 Å². The van der Waals surface area contributed by atoms with Gasteiger partial charge in [0.05, 0.1) is 18.9 Å². The maximum atomic E-state index is 13.4. The van der Waals surface area contributed by atoms with Crippen molar-refractivity contribution in [3.8, 4) is 0 Å². The fourth-order valence-corrected chi connectivity index (χ4v) is 1.38. The molecule has 0 radical (unpaired) electrons. The SMILES string of the molecule is CCOC(=O)C(=CNc1ccc(F)cc1F)C(=O)OCC. The van der Waals surface area contributed by atoms with Crippen LogP contribution in [-0.2, 0) is 19.1 Å². The number of nitrogens with one attached hydrogen (secondary N) is 1. The molecular weight excluding hydrogens is 284 g/mol. The second kappa shape index (κ2) is 7.98. The Hall–Kier alpha value is -2.44. The molecular formula is C14H15F2NO4. The molecule has 1 aromatic carbocycles. The van der Waals surface area contributed by atoms with E-state index in [0.717, 1.165) is 18.3 Å². The highest BCUT2D eigenvalue weighted by molar-refractivity contribution is 6.14. The van der Waals surface area contributed by atoms with Crippen LogP contribution in [0.25, 0.3) is 0 Å². The first-order valence-electron chi connectivity index (χ1n) is 6.25. The lowest BCUT2D eigenvalue weighted by Gasteiger charge is -2.08. The number of rotatable bonds is 6. The average Bonchev–Trinajstić information content (AvgIpc) is 2.41. The maximum Gasteiger partial charge on any atom is 0.347 e. The molecule has 0 unspecified atom stereocenters. The number of halogens is 2. The summed E-state index contributed by atoms with van der Waals surface area (Å²) in [4.78, 5) is 23.3. The highest BCUT2D eigenvalue weighted by Crippen LogP contribution is 2.15. The van der Waals surface area contributed by atoms with E-state index in [2.05, 4.69) is 5.32 Å². The Kier molecular flexibility index (Phi) is 6.32. The van der Waals surface area contributed by atoms with Crippen LogP contribution in [0.15, 0.2) is 30.0 Å². The molecule has 0 aliphatic rings. The van der Waals surface area contributed by atoms with Crippen LogP contribution in [0, 0.1) is 11.6 Å². The lowest BCUT2D eigenvalue weighted by Crippen LogP contribution is -2.19. The van der Waals surface area contributed by atoms with Crippen molar-refractivity contribution >= 4 is 17.6 Å². The largest absolute Gasteiger partial charge is 0.462 e. The summed E-state index contributed by atoms with van der Waals surface area (Å²) >= 11 is 0. The molecule has 21 heavy (non-hydrogen) atoms. The zero-order valence-corrected chi connectivity index (χ0v) is 11.6. The zero-order chi connectivity index (χ0) is 15.8. The number of benzene rings is 1. The van der Waals surface area contributed by atoms with Gasteiger partial charge in [0, 0.05) is 12.3 Å². The quantitative estimate of drug-likeness (QED) is 0.378. The fourth-order valence-electron chi connectivity index (χ4n) is 1.38. The van der Waals surface area contributed by atoms with Crippen LogP contribution >= 0.6 is 0 Å². The van der Waals surface area contributed by atoms with Crippen molar-refractivity contribution < 1.29 is 27.8 Å². The van der Waals surface area contributed by atoms with Gasteiger partial charge in [0.25, 0.3) is 0 Å². The number of ether oxygens (including phenoxy) is 2. The van der Waals surface area contributed by atoms with Crippen molar-refractivity contribution in [2.45, 2.75) is 13.8 Å². The van der Waals surface area contributed by atoms with E-state index in [9.17, 15) is 18.4 Å². The Morgan fingerprint density at radius 2 is 1.71 bits per heavy atom. The summed E-state index contributed by atoms with van der Waals surface area (Å²) in [5.74, 6) is -3.40. The molecule has 5 nitrogen and oxygen atoms in total. The normalized spacial score (nSPS) is 9.71. The van der Waals surface area contributed by atoms with Crippen LogP contribution in [0.4, 0.5) is 14.5 Å². The smallest absolute Gasteiger partial charge is 0.347 e. The summed E-state index contributed by atoms with van der Waals surface area (Å²) in [5, 5.41) is 2.41. The first-order valence-corrected chi connectivity index (χ1v) is 6.25. The molecule has 114 valence electrons. The van der Waals surface area contributed by atoms with Gasteiger partial charge in [-0.1, -0.05) is 0 Å². The molecule has 0 amide bonds. The van der Waals surface area contributed by atoms with Crippen LogP contribution in [-0.4, -0.2) is 25.2 Å². The van der Waals surface area contributed by atoms with Crippen molar-refractivity contribution in [1.82, 2.24) is 0 Å². The van der Waals surface area contributed by atoms with E-state index in [1.54, 1.807) is 13.8 Å². The number of hydrogen-bond donors (Lipinski definition) is 1. The first-order chi connectivity index (χ1) is 9.99. The third-order valence-electron chi connectivity index (χ3n) is 2.29. The molecule has 1 N–H and O–H groups in total. The van der Waals surface area contributed by atoms with E-state index >= 15 is 0 Å². The number of carbonyl (C=O) groups is 2. The lowest BCUT2D eigenvalue weighted by molar-refractivity contribution is -0.146. The molecule has 0 aliphatic carbocycles. The van der Waals surface area contributed by atoms with Crippen molar-refractivity contribution in [3.63, 3.8) is 0 Å². The van der Waals surface area contributed by atoms with Gasteiger partial charge in [0.15, 0.2) is 5.57 Å². The van der Waals surface area contributed by atoms with Crippen LogP contribution in [0.2, 0.25) is 0 Å². The van der Waals surface area contributed by atoms with E-state index in [0.29, 0.717) is 6.07 Å². The molecule has 0 fully saturated rings. The Morgan fingerprint density at radius 1 is 1.14 bits per heavy atom. The van der Waals surface area contributed by atoms with E-state index in [-0.39, 0.29) is 18.9 Å². The number of carbonyl (C=O) groups excluding carboxylic acids is 2. The van der Waals surface area contributed by atoms with E-state index < -0.39 is 29.1 Å². The van der Waals surface area contributed by atoms with Crippen molar-refractivity contribution in [3.05, 3.63) is 41.6 Å². The van der Waals surface area contributed by atoms with Crippen LogP contribution in [0.1, 0.15) is 13.8 Å². The van der Waals surface area contributed by atoms with E-state index in [1.807, 2.05) is 0 Å². The molecule has 1 rings (SSSR count). The monoisotopic (exact) mass is 299 g/mol. The second-order valence-corrected chi connectivity index (χ2v) is 3.77. The maximum absolute atomic E-state index is 13.4. The van der Waals surface area contributed by atoms with Gasteiger partial charge >= 0.3 is 11.9 Å². The van der Waals surface area contributed by atoms with Gasteiger partial charge < -0.3 is 14.8 Å². The third-order valence-corrected chi connectivity index (χ3v) is 2.29. The summed E-state index contributed by atoms with van der Waals surface area (Å²) in [6.45, 7) is 3.29. The molecule has 0 bridgehead atoms. The number of esters is 2. The summed E-state index contributed by atoms with van der Waals surface area (Å²) in [6, 6.07) is 2.84. The molecule has 0 spiro atoms. The highest BCUT2D eigenvalue weighted by atomic mass is 19.1. The van der Waals surface area contributed by atoms with Gasteiger partial charge in [-0.3, -0.25) is 0 Å². The van der Waals surface area contributed by atoms with E-state index in [4.69, 9.17) is 9.47 Å². The third kappa shape index (κ3) is 4.87. The van der Waals surface area contributed by atoms with Crippen molar-refractivity contribution in [2.24, 2.45) is 0 Å². The van der Waals surface area contributed by atoms with E-state index in [1.165, 1.54) is 0 Å². The Bertz CT molecular complexity index is 538. The van der Waals surface area contributed by atoms with Crippen LogP contribution < -0.4 is 5.32 Å². The Balaban J connectivity index is 2.96. The average molecular weight is 299 g/mol. The lowest BCUT2D eigenvalue weighted by atomic mass is 10.2. The predicted molar refractivity (Wildman–Crippen MR) is 71.3 cm³/mol. The standard InChI is InChI=1S/C14H15F2NO4/c1-3-20-13(18)10(14(19)21-4-2)8-17-12-6-5-9(15)7-11(12)16/h5-8,17H,3-4H2,1-2H3. The van der Waals surface area contributed by atoms with Gasteiger partial charge in [-0.25, -0.2) is 18.4 Å². The highest BCUT2D eigenvalue weighted by Gasteiger charge is 2.21. The van der Waals surface area contributed by atoms with Gasteiger partial charge in [0.1, 0.15) is 11.6 Å². The fraction of sp³-hybridized carbons (Fsp3) is 0.286. The first kappa shape index (κ1) is 16.6. The van der Waals surface area contributed by atoms with Gasteiger partial charge in [-0.2, -0.15) is 0 Å². The number of anilines is 1. The number of hydrogen-bond acceptors (Lipinski definition) is 5. The summed E-state index contributed by atoms with van der Waals surface area (Å²) < 4.78 is 35.6. The topological polar surface area (TPSA) is 64.6 Å². The second-order valence-electron chi connectivity index (χ2n) is 3.77. The van der Waals surface area contributed by atoms with Crippen molar-refractivity contribution in [1.29, 1.82) is 0 Å². The minimum Gasteiger partial charge on any atom is -0.462 e.